The molecule has 1 aliphatic rings. The Kier molecular flexibility index (Phi) is 7.70. The number of hydrogen-bond acceptors (Lipinski definition) is 5. The minimum absolute atomic E-state index is 0.00894. The lowest BCUT2D eigenvalue weighted by atomic mass is 9.97. The van der Waals surface area contributed by atoms with Gasteiger partial charge in [0, 0.05) is 19.0 Å². The molecule has 1 N–H and O–H groups in total. The predicted octanol–water partition coefficient (Wildman–Crippen LogP) is 2.43. The molecule has 1 aliphatic heterocycles. The van der Waals surface area contributed by atoms with Gasteiger partial charge in [-0.1, -0.05) is 42.5 Å². The summed E-state index contributed by atoms with van der Waals surface area (Å²) in [4.78, 5) is 12.4. The number of nitrogens with one attached hydrogen (secondary N) is 1. The SMILES string of the molecule is COc1ccccc1OCCNC(=O)C1CCN(S(=O)(=O)Cc2ccccc2)CC1. The highest BCUT2D eigenvalue weighted by Crippen LogP contribution is 2.25. The minimum atomic E-state index is -3.37. The number of rotatable bonds is 9. The summed E-state index contributed by atoms with van der Waals surface area (Å²) in [5.74, 6) is 1.03. The van der Waals surface area contributed by atoms with E-state index >= 15 is 0 Å². The van der Waals surface area contributed by atoms with Crippen LogP contribution in [0.1, 0.15) is 18.4 Å². The molecule has 0 spiro atoms. The van der Waals surface area contributed by atoms with Crippen LogP contribution in [0.25, 0.3) is 0 Å². The number of hydrogen-bond donors (Lipinski definition) is 1. The van der Waals surface area contributed by atoms with Crippen molar-refractivity contribution in [3.05, 3.63) is 60.2 Å². The quantitative estimate of drug-likeness (QED) is 0.615. The number of methoxy groups -OCH3 is 1. The molecule has 0 aromatic heterocycles. The zero-order valence-corrected chi connectivity index (χ0v) is 17.9. The molecule has 2 aromatic carbocycles. The van der Waals surface area contributed by atoms with Crippen LogP contribution in [0.3, 0.4) is 0 Å². The molecule has 0 radical (unpaired) electrons. The topological polar surface area (TPSA) is 84.9 Å². The number of amides is 1. The Morgan fingerprint density at radius 2 is 1.67 bits per heavy atom. The second kappa shape index (κ2) is 10.4. The maximum absolute atomic E-state index is 12.6. The monoisotopic (exact) mass is 432 g/mol. The highest BCUT2D eigenvalue weighted by Gasteiger charge is 2.31. The van der Waals surface area contributed by atoms with Gasteiger partial charge in [-0.05, 0) is 30.5 Å². The Morgan fingerprint density at radius 1 is 1.03 bits per heavy atom. The molecule has 1 heterocycles. The third kappa shape index (κ3) is 5.96. The molecular formula is C22H28N2O5S. The number of sulfonamides is 1. The number of piperidine rings is 1. The fraction of sp³-hybridized carbons (Fsp3) is 0.409. The summed E-state index contributed by atoms with van der Waals surface area (Å²) in [5.41, 5.74) is 0.771. The Balaban J connectivity index is 1.40. The number of benzene rings is 2. The summed E-state index contributed by atoms with van der Waals surface area (Å²) >= 11 is 0. The van der Waals surface area contributed by atoms with Crippen LogP contribution in [0.4, 0.5) is 0 Å². The lowest BCUT2D eigenvalue weighted by Gasteiger charge is -2.30. The highest BCUT2D eigenvalue weighted by atomic mass is 32.2. The maximum atomic E-state index is 12.6. The first-order chi connectivity index (χ1) is 14.5. The van der Waals surface area contributed by atoms with Crippen molar-refractivity contribution in [3.8, 4) is 11.5 Å². The highest BCUT2D eigenvalue weighted by molar-refractivity contribution is 7.88. The van der Waals surface area contributed by atoms with Gasteiger partial charge in [0.2, 0.25) is 15.9 Å². The van der Waals surface area contributed by atoms with Crippen molar-refractivity contribution < 1.29 is 22.7 Å². The number of para-hydroxylation sites is 2. The molecule has 8 heteroatoms. The Morgan fingerprint density at radius 3 is 2.33 bits per heavy atom. The van der Waals surface area contributed by atoms with E-state index in [0.29, 0.717) is 50.6 Å². The smallest absolute Gasteiger partial charge is 0.223 e. The van der Waals surface area contributed by atoms with Crippen molar-refractivity contribution in [1.29, 1.82) is 0 Å². The van der Waals surface area contributed by atoms with Gasteiger partial charge in [-0.15, -0.1) is 0 Å². The number of carbonyl (C=O) groups is 1. The van der Waals surface area contributed by atoms with Gasteiger partial charge in [0.15, 0.2) is 11.5 Å². The van der Waals surface area contributed by atoms with Crippen molar-refractivity contribution in [1.82, 2.24) is 9.62 Å². The maximum Gasteiger partial charge on any atom is 0.223 e. The van der Waals surface area contributed by atoms with Gasteiger partial charge in [-0.25, -0.2) is 12.7 Å². The molecule has 0 atom stereocenters. The van der Waals surface area contributed by atoms with E-state index in [9.17, 15) is 13.2 Å². The van der Waals surface area contributed by atoms with E-state index in [1.807, 2.05) is 54.6 Å². The Labute approximate surface area is 178 Å². The fourth-order valence-corrected chi connectivity index (χ4v) is 5.05. The first-order valence-corrected chi connectivity index (χ1v) is 11.7. The third-order valence-electron chi connectivity index (χ3n) is 5.14. The molecule has 0 bridgehead atoms. The lowest BCUT2D eigenvalue weighted by molar-refractivity contribution is -0.126. The summed E-state index contributed by atoms with van der Waals surface area (Å²) in [5, 5.41) is 2.88. The molecule has 0 aliphatic carbocycles. The van der Waals surface area contributed by atoms with Crippen molar-refractivity contribution >= 4 is 15.9 Å². The first-order valence-electron chi connectivity index (χ1n) is 10.0. The van der Waals surface area contributed by atoms with Crippen LogP contribution >= 0.6 is 0 Å². The van der Waals surface area contributed by atoms with Gasteiger partial charge in [0.25, 0.3) is 0 Å². The van der Waals surface area contributed by atoms with Gasteiger partial charge < -0.3 is 14.8 Å². The molecule has 1 amide bonds. The molecule has 0 unspecified atom stereocenters. The summed E-state index contributed by atoms with van der Waals surface area (Å²) < 4.78 is 37.6. The third-order valence-corrected chi connectivity index (χ3v) is 6.99. The summed E-state index contributed by atoms with van der Waals surface area (Å²) in [6.45, 7) is 1.44. The van der Waals surface area contributed by atoms with Crippen LogP contribution < -0.4 is 14.8 Å². The zero-order chi connectivity index (χ0) is 21.4. The van der Waals surface area contributed by atoms with Crippen LogP contribution in [0.2, 0.25) is 0 Å². The largest absolute Gasteiger partial charge is 0.493 e. The molecule has 1 saturated heterocycles. The molecule has 2 aromatic rings. The van der Waals surface area contributed by atoms with Gasteiger partial charge in [0.05, 0.1) is 19.4 Å². The van der Waals surface area contributed by atoms with E-state index in [2.05, 4.69) is 5.32 Å². The van der Waals surface area contributed by atoms with Gasteiger partial charge in [-0.2, -0.15) is 0 Å². The van der Waals surface area contributed by atoms with E-state index in [1.165, 1.54) is 4.31 Å². The molecule has 0 saturated carbocycles. The van der Waals surface area contributed by atoms with E-state index in [1.54, 1.807) is 7.11 Å². The molecular weight excluding hydrogens is 404 g/mol. The Hall–Kier alpha value is -2.58. The average Bonchev–Trinajstić information content (AvgIpc) is 2.77. The normalized spacial score (nSPS) is 15.5. The second-order valence-electron chi connectivity index (χ2n) is 7.21. The average molecular weight is 433 g/mol. The fourth-order valence-electron chi connectivity index (χ4n) is 3.49. The van der Waals surface area contributed by atoms with Gasteiger partial charge in [-0.3, -0.25) is 4.79 Å². The Bertz CT molecular complexity index is 926. The molecule has 7 nitrogen and oxygen atoms in total. The second-order valence-corrected chi connectivity index (χ2v) is 9.17. The molecule has 30 heavy (non-hydrogen) atoms. The van der Waals surface area contributed by atoms with E-state index in [-0.39, 0.29) is 17.6 Å². The van der Waals surface area contributed by atoms with E-state index < -0.39 is 10.0 Å². The van der Waals surface area contributed by atoms with Gasteiger partial charge in [0.1, 0.15) is 6.61 Å². The van der Waals surface area contributed by atoms with Crippen LogP contribution in [0, 0.1) is 5.92 Å². The standard InChI is InChI=1S/C22H28N2O5S/c1-28-20-9-5-6-10-21(20)29-16-13-23-22(25)19-11-14-24(15-12-19)30(26,27)17-18-7-3-2-4-8-18/h2-10,19H,11-17H2,1H3,(H,23,25). The lowest BCUT2D eigenvalue weighted by Crippen LogP contribution is -2.43. The van der Waals surface area contributed by atoms with Crippen LogP contribution in [0.5, 0.6) is 11.5 Å². The van der Waals surface area contributed by atoms with Gasteiger partial charge >= 0.3 is 0 Å². The van der Waals surface area contributed by atoms with Crippen molar-refractivity contribution in [2.45, 2.75) is 18.6 Å². The van der Waals surface area contributed by atoms with Crippen LogP contribution in [-0.2, 0) is 20.6 Å². The minimum Gasteiger partial charge on any atom is -0.493 e. The molecule has 1 fully saturated rings. The van der Waals surface area contributed by atoms with Crippen molar-refractivity contribution in [2.75, 3.05) is 33.4 Å². The summed E-state index contributed by atoms with van der Waals surface area (Å²) in [6.07, 6.45) is 1.04. The van der Waals surface area contributed by atoms with Crippen molar-refractivity contribution in [2.24, 2.45) is 5.92 Å². The molecule has 3 rings (SSSR count). The van der Waals surface area contributed by atoms with Crippen molar-refractivity contribution in [3.63, 3.8) is 0 Å². The zero-order valence-electron chi connectivity index (χ0n) is 17.1. The van der Waals surface area contributed by atoms with E-state index in [4.69, 9.17) is 9.47 Å². The predicted molar refractivity (Wildman–Crippen MR) is 115 cm³/mol. The number of carbonyl (C=O) groups excluding carboxylic acids is 1. The summed E-state index contributed by atoms with van der Waals surface area (Å²) in [6, 6.07) is 16.5. The summed E-state index contributed by atoms with van der Waals surface area (Å²) in [7, 11) is -1.79. The molecule has 162 valence electrons. The number of nitrogens with zero attached hydrogens (tertiary/aromatic N) is 1. The van der Waals surface area contributed by atoms with Crippen LogP contribution in [-0.4, -0.2) is 52.0 Å². The number of ether oxygens (including phenoxy) is 2. The van der Waals surface area contributed by atoms with E-state index in [0.717, 1.165) is 5.56 Å². The van der Waals surface area contributed by atoms with Crippen LogP contribution in [0.15, 0.2) is 54.6 Å². The first kappa shape index (κ1) is 22.1.